The maximum Gasteiger partial charge on any atom is 0.241 e. The van der Waals surface area contributed by atoms with Crippen LogP contribution in [0, 0.1) is 5.92 Å². The fourth-order valence-corrected chi connectivity index (χ4v) is 2.95. The average molecular weight is 283 g/mol. The Hall–Kier alpha value is -0.610. The van der Waals surface area contributed by atoms with Gasteiger partial charge in [-0.1, -0.05) is 27.2 Å². The van der Waals surface area contributed by atoms with Crippen LogP contribution in [-0.4, -0.2) is 54.6 Å². The molecule has 0 saturated carbocycles. The van der Waals surface area contributed by atoms with Gasteiger partial charge in [0.2, 0.25) is 5.91 Å². The Labute approximate surface area is 124 Å². The highest BCUT2D eigenvalue weighted by Gasteiger charge is 2.40. The predicted octanol–water partition coefficient (Wildman–Crippen LogP) is 2.30. The van der Waals surface area contributed by atoms with E-state index >= 15 is 0 Å². The fourth-order valence-electron chi connectivity index (χ4n) is 2.95. The van der Waals surface area contributed by atoms with Crippen LogP contribution in [-0.2, 0) is 4.79 Å². The van der Waals surface area contributed by atoms with Crippen LogP contribution in [0.4, 0.5) is 0 Å². The zero-order chi connectivity index (χ0) is 15.3. The molecule has 0 aromatic rings. The van der Waals surface area contributed by atoms with Gasteiger partial charge < -0.3 is 9.80 Å². The van der Waals surface area contributed by atoms with E-state index in [9.17, 15) is 4.79 Å². The Morgan fingerprint density at radius 2 is 1.95 bits per heavy atom. The lowest BCUT2D eigenvalue weighted by Gasteiger charge is -2.32. The first kappa shape index (κ1) is 17.4. The quantitative estimate of drug-likeness (QED) is 0.742. The molecular formula is C16H33N3O. The lowest BCUT2D eigenvalue weighted by atomic mass is 10.1. The van der Waals surface area contributed by atoms with E-state index in [0.717, 1.165) is 32.2 Å². The highest BCUT2D eigenvalue weighted by Crippen LogP contribution is 2.23. The summed E-state index contributed by atoms with van der Waals surface area (Å²) >= 11 is 0. The SMILES string of the molecule is CCCC1NC(CC(C)C)N(C(C)CCN(C)C)C1=O. The molecule has 3 unspecified atom stereocenters. The van der Waals surface area contributed by atoms with Crippen molar-refractivity contribution in [3.8, 4) is 0 Å². The van der Waals surface area contributed by atoms with Crippen molar-refractivity contribution in [3.05, 3.63) is 0 Å². The molecule has 3 atom stereocenters. The summed E-state index contributed by atoms with van der Waals surface area (Å²) < 4.78 is 0. The summed E-state index contributed by atoms with van der Waals surface area (Å²) in [5, 5.41) is 3.55. The van der Waals surface area contributed by atoms with Crippen LogP contribution in [0.1, 0.15) is 53.4 Å². The third-order valence-corrected chi connectivity index (χ3v) is 4.02. The highest BCUT2D eigenvalue weighted by molar-refractivity contribution is 5.84. The van der Waals surface area contributed by atoms with Gasteiger partial charge in [0.05, 0.1) is 12.2 Å². The lowest BCUT2D eigenvalue weighted by molar-refractivity contribution is -0.132. The number of hydrogen-bond donors (Lipinski definition) is 1. The summed E-state index contributed by atoms with van der Waals surface area (Å²) in [5.74, 6) is 0.910. The summed E-state index contributed by atoms with van der Waals surface area (Å²) in [6.07, 6.45) is 4.30. The van der Waals surface area contributed by atoms with E-state index < -0.39 is 0 Å². The first-order valence-electron chi connectivity index (χ1n) is 8.09. The third kappa shape index (κ3) is 4.74. The standard InChI is InChI=1S/C16H33N3O/c1-7-8-14-16(20)19(13(4)9-10-18(5)6)15(17-14)11-12(2)3/h12-15,17H,7-11H2,1-6H3. The van der Waals surface area contributed by atoms with Gasteiger partial charge in [0.25, 0.3) is 0 Å². The summed E-state index contributed by atoms with van der Waals surface area (Å²) in [4.78, 5) is 16.9. The maximum atomic E-state index is 12.6. The normalized spacial score (nSPS) is 25.0. The first-order valence-corrected chi connectivity index (χ1v) is 8.09. The molecule has 1 rings (SSSR count). The number of amides is 1. The van der Waals surface area contributed by atoms with E-state index in [1.165, 1.54) is 0 Å². The van der Waals surface area contributed by atoms with Gasteiger partial charge in [-0.25, -0.2) is 0 Å². The van der Waals surface area contributed by atoms with Crippen molar-refractivity contribution in [3.63, 3.8) is 0 Å². The van der Waals surface area contributed by atoms with Crippen molar-refractivity contribution < 1.29 is 4.79 Å². The molecule has 4 heteroatoms. The fraction of sp³-hybridized carbons (Fsp3) is 0.938. The van der Waals surface area contributed by atoms with E-state index in [4.69, 9.17) is 0 Å². The molecule has 0 aliphatic carbocycles. The molecule has 20 heavy (non-hydrogen) atoms. The van der Waals surface area contributed by atoms with Gasteiger partial charge in [0, 0.05) is 6.04 Å². The summed E-state index contributed by atoms with van der Waals surface area (Å²) in [7, 11) is 4.17. The number of nitrogens with zero attached hydrogens (tertiary/aromatic N) is 2. The van der Waals surface area contributed by atoms with Gasteiger partial charge in [-0.15, -0.1) is 0 Å². The molecule has 1 fully saturated rings. The lowest BCUT2D eigenvalue weighted by Crippen LogP contribution is -2.44. The zero-order valence-corrected chi connectivity index (χ0v) is 14.1. The minimum absolute atomic E-state index is 0.0329. The predicted molar refractivity (Wildman–Crippen MR) is 84.6 cm³/mol. The Morgan fingerprint density at radius 1 is 1.30 bits per heavy atom. The highest BCUT2D eigenvalue weighted by atomic mass is 16.2. The average Bonchev–Trinajstić information content (AvgIpc) is 2.63. The molecule has 1 heterocycles. The molecular weight excluding hydrogens is 250 g/mol. The van der Waals surface area contributed by atoms with E-state index in [0.29, 0.717) is 17.9 Å². The van der Waals surface area contributed by atoms with Gasteiger partial charge >= 0.3 is 0 Å². The number of carbonyl (C=O) groups is 1. The molecule has 0 spiro atoms. The Kier molecular flexibility index (Phi) is 6.96. The molecule has 0 aromatic carbocycles. The summed E-state index contributed by atoms with van der Waals surface area (Å²) in [6.45, 7) is 9.80. The van der Waals surface area contributed by atoms with Crippen LogP contribution < -0.4 is 5.32 Å². The first-order chi connectivity index (χ1) is 9.36. The molecule has 1 aliphatic rings. The summed E-state index contributed by atoms with van der Waals surface area (Å²) in [5.41, 5.74) is 0. The second kappa shape index (κ2) is 7.99. The second-order valence-electron chi connectivity index (χ2n) is 6.84. The number of nitrogens with one attached hydrogen (secondary N) is 1. The van der Waals surface area contributed by atoms with Crippen LogP contribution in [0.25, 0.3) is 0 Å². The minimum atomic E-state index is 0.0329. The molecule has 1 amide bonds. The van der Waals surface area contributed by atoms with Crippen molar-refractivity contribution in [2.45, 2.75) is 71.6 Å². The zero-order valence-electron chi connectivity index (χ0n) is 14.1. The molecule has 0 radical (unpaired) electrons. The Morgan fingerprint density at radius 3 is 2.45 bits per heavy atom. The number of rotatable bonds is 8. The van der Waals surface area contributed by atoms with Crippen LogP contribution in [0.2, 0.25) is 0 Å². The van der Waals surface area contributed by atoms with Crippen molar-refractivity contribution in [2.75, 3.05) is 20.6 Å². The van der Waals surface area contributed by atoms with E-state index in [-0.39, 0.29) is 12.2 Å². The number of hydrogen-bond acceptors (Lipinski definition) is 3. The van der Waals surface area contributed by atoms with E-state index in [1.54, 1.807) is 0 Å². The van der Waals surface area contributed by atoms with E-state index in [2.05, 4.69) is 56.9 Å². The molecule has 1 aliphatic heterocycles. The topological polar surface area (TPSA) is 35.6 Å². The monoisotopic (exact) mass is 283 g/mol. The molecule has 0 bridgehead atoms. The summed E-state index contributed by atoms with van der Waals surface area (Å²) in [6, 6.07) is 0.341. The van der Waals surface area contributed by atoms with Gasteiger partial charge in [-0.3, -0.25) is 10.1 Å². The van der Waals surface area contributed by atoms with Crippen molar-refractivity contribution in [1.29, 1.82) is 0 Å². The second-order valence-corrected chi connectivity index (χ2v) is 6.84. The molecule has 1 saturated heterocycles. The largest absolute Gasteiger partial charge is 0.323 e. The molecule has 4 nitrogen and oxygen atoms in total. The van der Waals surface area contributed by atoms with Crippen LogP contribution in [0.15, 0.2) is 0 Å². The van der Waals surface area contributed by atoms with Crippen LogP contribution >= 0.6 is 0 Å². The smallest absolute Gasteiger partial charge is 0.241 e. The van der Waals surface area contributed by atoms with Gasteiger partial charge in [0.1, 0.15) is 0 Å². The van der Waals surface area contributed by atoms with Crippen molar-refractivity contribution in [2.24, 2.45) is 5.92 Å². The Balaban J connectivity index is 2.72. The molecule has 1 N–H and O–H groups in total. The van der Waals surface area contributed by atoms with E-state index in [1.807, 2.05) is 0 Å². The van der Waals surface area contributed by atoms with Gasteiger partial charge in [-0.05, 0) is 52.7 Å². The molecule has 0 aromatic heterocycles. The minimum Gasteiger partial charge on any atom is -0.323 e. The maximum absolute atomic E-state index is 12.6. The van der Waals surface area contributed by atoms with Gasteiger partial charge in [-0.2, -0.15) is 0 Å². The third-order valence-electron chi connectivity index (χ3n) is 4.02. The molecule has 118 valence electrons. The van der Waals surface area contributed by atoms with Gasteiger partial charge in [0.15, 0.2) is 0 Å². The van der Waals surface area contributed by atoms with Crippen molar-refractivity contribution in [1.82, 2.24) is 15.1 Å². The van der Waals surface area contributed by atoms with Crippen molar-refractivity contribution >= 4 is 5.91 Å². The number of carbonyl (C=O) groups excluding carboxylic acids is 1. The van der Waals surface area contributed by atoms with Crippen LogP contribution in [0.5, 0.6) is 0 Å². The Bertz CT molecular complexity index is 304. The van der Waals surface area contributed by atoms with Crippen LogP contribution in [0.3, 0.4) is 0 Å².